The highest BCUT2D eigenvalue weighted by Gasteiger charge is 2.62. The van der Waals surface area contributed by atoms with Crippen molar-refractivity contribution < 1.29 is 46.9 Å². The number of anilines is 1. The number of nitrogens with one attached hydrogen (secondary N) is 1. The van der Waals surface area contributed by atoms with E-state index in [0.29, 0.717) is 18.4 Å². The third kappa shape index (κ3) is 8.88. The molecule has 3 aromatic carbocycles. The molecule has 3 N–H and O–H groups in total. The maximum atomic E-state index is 14.8. The van der Waals surface area contributed by atoms with Crippen molar-refractivity contribution >= 4 is 37.0 Å². The van der Waals surface area contributed by atoms with Crippen LogP contribution in [-0.4, -0.2) is 69.1 Å². The Morgan fingerprint density at radius 3 is 2.17 bits per heavy atom. The molecule has 16 nitrogen and oxygen atoms in total. The minimum absolute atomic E-state index is 0.112. The zero-order chi connectivity index (χ0) is 40.7. The number of aromatic nitrogens is 3. The first-order valence-electron chi connectivity index (χ1n) is 18.7. The van der Waals surface area contributed by atoms with Gasteiger partial charge in [0.25, 0.3) is 0 Å². The smallest absolute Gasteiger partial charge is 0.459 e. The molecule has 1 saturated heterocycles. The van der Waals surface area contributed by atoms with Crippen LogP contribution in [0.4, 0.5) is 5.82 Å². The molecule has 300 valence electrons. The van der Waals surface area contributed by atoms with Crippen LogP contribution in [0.25, 0.3) is 5.52 Å². The number of esters is 3. The van der Waals surface area contributed by atoms with Gasteiger partial charge in [0.15, 0.2) is 18.0 Å². The molecule has 0 spiro atoms. The van der Waals surface area contributed by atoms with Crippen molar-refractivity contribution in [3.8, 4) is 11.8 Å². The van der Waals surface area contributed by atoms with Gasteiger partial charge in [-0.05, 0) is 81.1 Å². The lowest BCUT2D eigenvalue weighted by atomic mass is 9.95. The maximum Gasteiger partial charge on any atom is 0.459 e. The van der Waals surface area contributed by atoms with Gasteiger partial charge in [0.2, 0.25) is 5.60 Å². The fraction of sp³-hybridized carbons (Fsp3) is 0.317. The van der Waals surface area contributed by atoms with Crippen LogP contribution in [-0.2, 0) is 32.8 Å². The number of fused-ring (bicyclic) bond motifs is 1. The number of rotatable bonds is 14. The monoisotopic (exact) mass is 808 g/mol. The molecule has 3 heterocycles. The number of carbonyl (C=O) groups is 3. The first-order valence-corrected chi connectivity index (χ1v) is 20.3. The summed E-state index contributed by atoms with van der Waals surface area (Å²) in [4.78, 5) is 44.9. The molecule has 5 aromatic rings. The summed E-state index contributed by atoms with van der Waals surface area (Å²) in [5.74, 6) is -2.15. The summed E-state index contributed by atoms with van der Waals surface area (Å²) in [5, 5.41) is 18.1. The Kier molecular flexibility index (Phi) is 12.2. The fourth-order valence-electron chi connectivity index (χ4n) is 6.88. The molecule has 6 atom stereocenters. The second-order valence-electron chi connectivity index (χ2n) is 13.9. The SMILES string of the molecule is C[C@H](NP(=O)(OC[C@@]1(C#N)O[C@@H](c2ccc3c(N)ncnn23)[C@@H](OC(=O)c2ccccc2)[C@@H]1OC(=O)c1ccccc1)Oc1ccccc1)C(=O)OC1CCCCC1. The average Bonchev–Trinajstić information content (AvgIpc) is 3.81. The highest BCUT2D eigenvalue weighted by molar-refractivity contribution is 7.52. The highest BCUT2D eigenvalue weighted by atomic mass is 31.2. The molecule has 0 amide bonds. The quantitative estimate of drug-likeness (QED) is 0.0730. The summed E-state index contributed by atoms with van der Waals surface area (Å²) < 4.78 is 52.5. The van der Waals surface area contributed by atoms with Gasteiger partial charge < -0.3 is 29.2 Å². The average molecular weight is 809 g/mol. The first-order chi connectivity index (χ1) is 28.1. The number of benzene rings is 3. The molecule has 0 bridgehead atoms. The molecule has 7 rings (SSSR count). The Hall–Kier alpha value is -6.11. The van der Waals surface area contributed by atoms with Crippen LogP contribution in [0, 0.1) is 11.3 Å². The second-order valence-corrected chi connectivity index (χ2v) is 15.6. The van der Waals surface area contributed by atoms with Crippen molar-refractivity contribution in [1.29, 1.82) is 5.26 Å². The van der Waals surface area contributed by atoms with Gasteiger partial charge in [-0.15, -0.1) is 0 Å². The number of carbonyl (C=O) groups excluding carboxylic acids is 3. The number of hydrogen-bond donors (Lipinski definition) is 2. The van der Waals surface area contributed by atoms with E-state index >= 15 is 0 Å². The largest absolute Gasteiger partial charge is 0.461 e. The van der Waals surface area contributed by atoms with Crippen LogP contribution in [0.1, 0.15) is 71.5 Å². The molecular formula is C41H41N6O10P. The van der Waals surface area contributed by atoms with E-state index in [9.17, 15) is 24.2 Å². The van der Waals surface area contributed by atoms with E-state index in [4.69, 9.17) is 33.7 Å². The minimum atomic E-state index is -4.62. The van der Waals surface area contributed by atoms with Crippen molar-refractivity contribution in [1.82, 2.24) is 19.7 Å². The van der Waals surface area contributed by atoms with E-state index in [1.165, 1.54) is 54.2 Å². The third-order valence-corrected chi connectivity index (χ3v) is 11.5. The van der Waals surface area contributed by atoms with Gasteiger partial charge in [0.1, 0.15) is 48.5 Å². The number of nitrogen functional groups attached to an aromatic ring is 1. The topological polar surface area (TPSA) is 216 Å². The molecule has 1 saturated carbocycles. The Morgan fingerprint density at radius 1 is 0.914 bits per heavy atom. The van der Waals surface area contributed by atoms with E-state index in [1.807, 2.05) is 0 Å². The number of hydrogen-bond acceptors (Lipinski definition) is 14. The number of nitrogens with zero attached hydrogens (tertiary/aromatic N) is 4. The molecular weight excluding hydrogens is 767 g/mol. The Morgan fingerprint density at radius 2 is 1.53 bits per heavy atom. The van der Waals surface area contributed by atoms with E-state index in [0.717, 1.165) is 19.3 Å². The lowest BCUT2D eigenvalue weighted by molar-refractivity contribution is -0.152. The van der Waals surface area contributed by atoms with Crippen molar-refractivity contribution in [3.63, 3.8) is 0 Å². The van der Waals surface area contributed by atoms with Crippen LogP contribution in [0.15, 0.2) is 109 Å². The lowest BCUT2D eigenvalue weighted by Gasteiger charge is -2.31. The molecule has 1 unspecified atom stereocenters. The predicted octanol–water partition coefficient (Wildman–Crippen LogP) is 6.15. The van der Waals surface area contributed by atoms with E-state index in [1.54, 1.807) is 66.7 Å². The van der Waals surface area contributed by atoms with Gasteiger partial charge in [-0.1, -0.05) is 61.0 Å². The zero-order valence-electron chi connectivity index (χ0n) is 31.4. The first kappa shape index (κ1) is 40.1. The van der Waals surface area contributed by atoms with Crippen molar-refractivity contribution in [3.05, 3.63) is 126 Å². The van der Waals surface area contributed by atoms with Gasteiger partial charge in [0, 0.05) is 0 Å². The van der Waals surface area contributed by atoms with Crippen LogP contribution in [0.2, 0.25) is 0 Å². The van der Waals surface area contributed by atoms with Crippen molar-refractivity contribution in [2.24, 2.45) is 0 Å². The van der Waals surface area contributed by atoms with E-state index in [2.05, 4.69) is 21.2 Å². The van der Waals surface area contributed by atoms with Crippen LogP contribution in [0.5, 0.6) is 5.75 Å². The molecule has 1 aliphatic carbocycles. The van der Waals surface area contributed by atoms with Gasteiger partial charge in [-0.2, -0.15) is 15.4 Å². The number of nitriles is 1. The zero-order valence-corrected chi connectivity index (χ0v) is 32.3. The summed E-state index contributed by atoms with van der Waals surface area (Å²) in [6, 6.07) is 28.2. The molecule has 2 aliphatic rings. The Balaban J connectivity index is 1.27. The molecule has 2 aromatic heterocycles. The predicted molar refractivity (Wildman–Crippen MR) is 207 cm³/mol. The maximum absolute atomic E-state index is 14.8. The molecule has 58 heavy (non-hydrogen) atoms. The summed E-state index contributed by atoms with van der Waals surface area (Å²) >= 11 is 0. The van der Waals surface area contributed by atoms with Gasteiger partial charge in [-0.25, -0.2) is 23.7 Å². The van der Waals surface area contributed by atoms with Crippen molar-refractivity contribution in [2.45, 2.75) is 75.1 Å². The summed E-state index contributed by atoms with van der Waals surface area (Å²) in [5.41, 5.74) is 4.69. The van der Waals surface area contributed by atoms with Crippen LogP contribution >= 0.6 is 7.75 Å². The number of para-hydroxylation sites is 1. The molecule has 17 heteroatoms. The van der Waals surface area contributed by atoms with Crippen LogP contribution in [0.3, 0.4) is 0 Å². The van der Waals surface area contributed by atoms with E-state index < -0.39 is 62.2 Å². The molecule has 0 radical (unpaired) electrons. The molecule has 2 fully saturated rings. The van der Waals surface area contributed by atoms with Gasteiger partial charge in [-0.3, -0.25) is 9.32 Å². The Labute approximate surface area is 333 Å². The fourth-order valence-corrected chi connectivity index (χ4v) is 8.40. The van der Waals surface area contributed by atoms with Crippen LogP contribution < -0.4 is 15.3 Å². The summed E-state index contributed by atoms with van der Waals surface area (Å²) in [6.45, 7) is 0.556. The number of nitrogens with two attached hydrogens (primary N) is 1. The third-order valence-electron chi connectivity index (χ3n) is 9.84. The normalized spacial score (nSPS) is 22.2. The standard InChI is InChI=1S/C41H41N6O10P/c1-27(38(48)53-30-18-10-4-11-19-30)46-58(51,57-31-20-12-5-13-21-31)52-25-41(24-42)36(55-40(50)29-16-8-3-9-17-29)35(54-39(49)28-14-6-2-7-15-28)34(56-41)32-22-23-33-37(43)44-26-45-47(32)33/h2-3,5-9,12-17,20-23,26-27,30,34-36H,4,10-11,18-19,25H2,1H3,(H,46,51)(H2,43,44,45)/t27-,34-,35+,36-,41+,58?/m0/s1. The Bertz CT molecular complexity index is 2320. The second kappa shape index (κ2) is 17.6. The number of ether oxygens (including phenoxy) is 4. The minimum Gasteiger partial charge on any atom is -0.461 e. The van der Waals surface area contributed by atoms with Crippen molar-refractivity contribution in [2.75, 3.05) is 12.3 Å². The molecule has 1 aliphatic heterocycles. The highest BCUT2D eigenvalue weighted by Crippen LogP contribution is 2.50. The van der Waals surface area contributed by atoms with Gasteiger partial charge >= 0.3 is 25.7 Å². The lowest BCUT2D eigenvalue weighted by Crippen LogP contribution is -2.50. The van der Waals surface area contributed by atoms with Gasteiger partial charge in [0.05, 0.1) is 16.8 Å². The van der Waals surface area contributed by atoms with E-state index in [-0.39, 0.29) is 34.5 Å². The summed E-state index contributed by atoms with van der Waals surface area (Å²) in [7, 11) is -4.62. The summed E-state index contributed by atoms with van der Waals surface area (Å²) in [6.07, 6.45) is 0.616.